The van der Waals surface area contributed by atoms with Crippen molar-refractivity contribution < 1.29 is 37.4 Å². The molecule has 49 heavy (non-hydrogen) atoms. The number of halogens is 2. The van der Waals surface area contributed by atoms with Crippen LogP contribution in [-0.4, -0.2) is 53.2 Å². The number of aryl methyl sites for hydroxylation is 1. The van der Waals surface area contributed by atoms with Crippen molar-refractivity contribution >= 4 is 29.8 Å². The monoisotopic (exact) mass is 664 g/mol. The van der Waals surface area contributed by atoms with Gasteiger partial charge in [-0.2, -0.15) is 0 Å². The van der Waals surface area contributed by atoms with Gasteiger partial charge in [0.05, 0.1) is 12.8 Å². The molecule has 3 unspecified atom stereocenters. The van der Waals surface area contributed by atoms with Gasteiger partial charge in [0.1, 0.15) is 35.0 Å². The Morgan fingerprint density at radius 3 is 2.33 bits per heavy atom. The number of piperidine rings is 1. The van der Waals surface area contributed by atoms with Gasteiger partial charge in [0.15, 0.2) is 12.3 Å². The Morgan fingerprint density at radius 1 is 0.959 bits per heavy atom. The van der Waals surface area contributed by atoms with E-state index in [9.17, 15) is 19.2 Å². The van der Waals surface area contributed by atoms with Crippen LogP contribution in [0.4, 0.5) is 14.5 Å². The summed E-state index contributed by atoms with van der Waals surface area (Å²) in [5, 5.41) is 0.995. The van der Waals surface area contributed by atoms with Crippen LogP contribution in [0.15, 0.2) is 97.1 Å². The third-order valence-corrected chi connectivity index (χ3v) is 10.3. The summed E-state index contributed by atoms with van der Waals surface area (Å²) in [5.41, 5.74) is 2.10. The predicted molar refractivity (Wildman–Crippen MR) is 170 cm³/mol. The first-order valence-electron chi connectivity index (χ1n) is 15.7. The van der Waals surface area contributed by atoms with Crippen LogP contribution < -0.4 is 15.2 Å². The van der Waals surface area contributed by atoms with Crippen LogP contribution in [0, 0.1) is 29.9 Å². The van der Waals surface area contributed by atoms with E-state index in [0.29, 0.717) is 23.2 Å². The number of nitrogens with zero attached hydrogens (tertiary/aromatic N) is 3. The normalized spacial score (nSPS) is 27.5. The summed E-state index contributed by atoms with van der Waals surface area (Å²) < 4.78 is 42.4. The zero-order chi connectivity index (χ0) is 34.2. The molecule has 6 atom stereocenters. The molecule has 10 nitrogen and oxygen atoms in total. The molecule has 0 radical (unpaired) electrons. The van der Waals surface area contributed by atoms with Gasteiger partial charge in [0.25, 0.3) is 11.8 Å². The number of anilines is 1. The Balaban J connectivity index is 1.19. The molecule has 2 saturated carbocycles. The maximum absolute atomic E-state index is 15.8. The summed E-state index contributed by atoms with van der Waals surface area (Å²) in [6.07, 6.45) is -2.01. The molecule has 0 bridgehead atoms. The first kappa shape index (κ1) is 30.7. The van der Waals surface area contributed by atoms with E-state index in [0.717, 1.165) is 10.6 Å². The first-order valence-corrected chi connectivity index (χ1v) is 15.7. The molecule has 4 amide bonds. The molecule has 4 aromatic carbocycles. The number of carbonyl (C=O) groups is 4. The lowest BCUT2D eigenvalue weighted by atomic mass is 9.80. The third-order valence-electron chi connectivity index (χ3n) is 10.3. The Morgan fingerprint density at radius 2 is 1.67 bits per heavy atom. The number of methoxy groups -OCH3 is 1. The number of β-lactam (4-membered cyclic amide) rings is 1. The molecule has 2 aliphatic heterocycles. The van der Waals surface area contributed by atoms with Crippen molar-refractivity contribution in [2.75, 3.05) is 18.7 Å². The number of likely N-dealkylation sites (tertiary alicyclic amines) is 1. The summed E-state index contributed by atoms with van der Waals surface area (Å²) >= 11 is 0. The number of hydrogen-bond acceptors (Lipinski definition) is 6. The van der Waals surface area contributed by atoms with E-state index < -0.39 is 71.1 Å². The number of benzene rings is 4. The van der Waals surface area contributed by atoms with Gasteiger partial charge in [-0.15, -0.1) is 0 Å². The second-order valence-electron chi connectivity index (χ2n) is 12.7. The highest BCUT2D eigenvalue weighted by atomic mass is 19.1. The quantitative estimate of drug-likeness (QED) is 0.152. The molecule has 4 aliphatic rings. The van der Waals surface area contributed by atoms with Crippen molar-refractivity contribution in [3.8, 4) is 5.75 Å². The summed E-state index contributed by atoms with van der Waals surface area (Å²) in [6, 6.07) is 25.9. The summed E-state index contributed by atoms with van der Waals surface area (Å²) in [5.74, 6) is -3.77. The second-order valence-corrected chi connectivity index (χ2v) is 12.7. The fourth-order valence-corrected chi connectivity index (χ4v) is 8.11. The molecular formula is C37H30F2N4O6. The van der Waals surface area contributed by atoms with Gasteiger partial charge in [0, 0.05) is 23.5 Å². The molecule has 0 aromatic heterocycles. The summed E-state index contributed by atoms with van der Waals surface area (Å²) in [7, 11) is 1.40. The lowest BCUT2D eigenvalue weighted by Gasteiger charge is -2.54. The smallest absolute Gasteiger partial charge is 0.260 e. The van der Waals surface area contributed by atoms with E-state index in [-0.39, 0.29) is 11.3 Å². The molecule has 248 valence electrons. The van der Waals surface area contributed by atoms with Gasteiger partial charge in [-0.05, 0) is 48.4 Å². The van der Waals surface area contributed by atoms with Crippen molar-refractivity contribution in [3.63, 3.8) is 0 Å². The van der Waals surface area contributed by atoms with Crippen molar-refractivity contribution in [2.24, 2.45) is 11.3 Å². The molecule has 8 rings (SSSR count). The Kier molecular flexibility index (Phi) is 6.86. The van der Waals surface area contributed by atoms with E-state index in [2.05, 4.69) is 5.43 Å². The Bertz CT molecular complexity index is 2030. The van der Waals surface area contributed by atoms with Crippen LogP contribution in [0.25, 0.3) is 0 Å². The van der Waals surface area contributed by atoms with E-state index in [1.54, 1.807) is 78.9 Å². The van der Waals surface area contributed by atoms with E-state index >= 15 is 8.78 Å². The van der Waals surface area contributed by atoms with E-state index in [1.807, 2.05) is 6.92 Å². The number of rotatable bonds is 10. The maximum Gasteiger partial charge on any atom is 0.260 e. The minimum absolute atomic E-state index is 0.0288. The molecular weight excluding hydrogens is 634 g/mol. The number of fused-ring (bicyclic) bond motifs is 1. The van der Waals surface area contributed by atoms with Crippen molar-refractivity contribution in [3.05, 3.63) is 131 Å². The minimum Gasteiger partial charge on any atom is -0.497 e. The topological polar surface area (TPSA) is 108 Å². The van der Waals surface area contributed by atoms with Crippen LogP contribution in [0.1, 0.15) is 40.5 Å². The Hall–Kier alpha value is -5.62. The fraction of sp³-hybridized carbons (Fsp3) is 0.243. The van der Waals surface area contributed by atoms with Crippen molar-refractivity contribution in [2.45, 2.75) is 30.8 Å². The van der Waals surface area contributed by atoms with Crippen LogP contribution in [0.2, 0.25) is 0 Å². The molecule has 2 saturated heterocycles. The van der Waals surface area contributed by atoms with Gasteiger partial charge >= 0.3 is 0 Å². The third kappa shape index (κ3) is 4.13. The van der Waals surface area contributed by atoms with Crippen LogP contribution >= 0.6 is 0 Å². The largest absolute Gasteiger partial charge is 0.497 e. The molecule has 2 heterocycles. The lowest BCUT2D eigenvalue weighted by Crippen LogP contribution is -2.73. The number of hydrazine groups is 1. The predicted octanol–water partition coefficient (Wildman–Crippen LogP) is 4.53. The SMILES string of the molecule is COc1ccc(C2OC(c3ccccc3)C(=O)N2[C@]23[C@@H]4C(c5ccccc5F)[C@]42C(=O)N3CC(=O)NN(C=O)c2ccc(C)cc2)c(F)c1. The van der Waals surface area contributed by atoms with E-state index in [4.69, 9.17) is 9.47 Å². The summed E-state index contributed by atoms with van der Waals surface area (Å²) in [4.78, 5) is 56.8. The average molecular weight is 665 g/mol. The molecule has 4 aromatic rings. The van der Waals surface area contributed by atoms with Crippen molar-refractivity contribution in [1.29, 1.82) is 0 Å². The number of amides is 4. The number of carbonyl (C=O) groups excluding carboxylic acids is 4. The molecule has 2 aliphatic carbocycles. The molecule has 1 N–H and O–H groups in total. The van der Waals surface area contributed by atoms with Gasteiger partial charge in [0.2, 0.25) is 12.3 Å². The lowest BCUT2D eigenvalue weighted by molar-refractivity contribution is -0.190. The van der Waals surface area contributed by atoms with Gasteiger partial charge < -0.3 is 14.4 Å². The highest BCUT2D eigenvalue weighted by Crippen LogP contribution is 2.98. The number of ether oxygens (including phenoxy) is 2. The number of nitrogens with one attached hydrogen (secondary N) is 1. The standard InChI is InChI=1S/C37H30F2N4O6/c1-21-12-14-23(15-13-21)42(20-44)40-29(45)19-41-35(47)36-30(25-10-6-7-11-27(25)38)32(36)37(36,41)43-33(46)31(22-8-4-3-5-9-22)49-34(43)26-17-16-24(48-2)18-28(26)39/h3-18,20,30-32,34H,19H2,1-2H3,(H,40,45)/t30?,31?,32-,34?,36-,37-/m1/s1. The second kappa shape index (κ2) is 11.0. The van der Waals surface area contributed by atoms with Crippen molar-refractivity contribution in [1.82, 2.24) is 15.2 Å². The molecule has 1 spiro atoms. The highest BCUT2D eigenvalue weighted by Gasteiger charge is 3.11. The molecule has 12 heteroatoms. The van der Waals surface area contributed by atoms with E-state index in [1.165, 1.54) is 35.1 Å². The van der Waals surface area contributed by atoms with Gasteiger partial charge in [-0.3, -0.25) is 29.5 Å². The Labute approximate surface area is 279 Å². The van der Waals surface area contributed by atoms with Crippen LogP contribution in [0.3, 0.4) is 0 Å². The van der Waals surface area contributed by atoms with Gasteiger partial charge in [-0.1, -0.05) is 66.2 Å². The number of hydrogen-bond donors (Lipinski definition) is 1. The molecule has 4 fully saturated rings. The first-order chi connectivity index (χ1) is 23.7. The minimum atomic E-state index is -1.41. The average Bonchev–Trinajstić information content (AvgIpc) is 3.92. The zero-order valence-electron chi connectivity index (χ0n) is 26.4. The fourth-order valence-electron chi connectivity index (χ4n) is 8.11. The van der Waals surface area contributed by atoms with Gasteiger partial charge in [-0.25, -0.2) is 13.8 Å². The maximum atomic E-state index is 15.8. The highest BCUT2D eigenvalue weighted by molar-refractivity contribution is 6.09. The zero-order valence-corrected chi connectivity index (χ0v) is 26.4. The van der Waals surface area contributed by atoms with Crippen LogP contribution in [-0.2, 0) is 23.9 Å². The summed E-state index contributed by atoms with van der Waals surface area (Å²) in [6.45, 7) is 1.35. The van der Waals surface area contributed by atoms with Crippen LogP contribution in [0.5, 0.6) is 5.75 Å².